The van der Waals surface area contributed by atoms with Gasteiger partial charge in [0, 0.05) is 16.7 Å². The van der Waals surface area contributed by atoms with Crippen LogP contribution in [0.1, 0.15) is 16.1 Å². The number of carbonyl (C=O) groups is 2. The van der Waals surface area contributed by atoms with Crippen LogP contribution in [0.15, 0.2) is 53.1 Å². The minimum atomic E-state index is -1.19. The van der Waals surface area contributed by atoms with E-state index in [9.17, 15) is 9.59 Å². The number of carboxylic acid groups (broad SMARTS) is 1. The van der Waals surface area contributed by atoms with Gasteiger partial charge in [0.2, 0.25) is 5.91 Å². The molecule has 0 radical (unpaired) electrons. The Kier molecular flexibility index (Phi) is 4.84. The lowest BCUT2D eigenvalue weighted by molar-refractivity contribution is -0.111. The predicted molar refractivity (Wildman–Crippen MR) is 83.0 cm³/mol. The number of rotatable bonds is 4. The Bertz CT molecular complexity index is 714. The molecule has 1 heterocycles. The van der Waals surface area contributed by atoms with Gasteiger partial charge in [0.05, 0.1) is 5.69 Å². The molecule has 0 aliphatic heterocycles. The molecular weight excluding hydrogens is 336 g/mol. The van der Waals surface area contributed by atoms with Gasteiger partial charge < -0.3 is 10.4 Å². The van der Waals surface area contributed by atoms with Crippen molar-refractivity contribution in [2.75, 3.05) is 5.32 Å². The van der Waals surface area contributed by atoms with Gasteiger partial charge in [-0.3, -0.25) is 4.79 Å². The third-order valence-corrected chi connectivity index (χ3v) is 3.31. The van der Waals surface area contributed by atoms with Crippen LogP contribution < -0.4 is 5.32 Å². The Balaban J connectivity index is 2.13. The highest BCUT2D eigenvalue weighted by molar-refractivity contribution is 9.10. The second-order valence-electron chi connectivity index (χ2n) is 4.05. The second kappa shape index (κ2) is 6.81. The van der Waals surface area contributed by atoms with Gasteiger partial charge in [0.1, 0.15) is 0 Å². The summed E-state index contributed by atoms with van der Waals surface area (Å²) in [5.74, 6) is -1.62. The average Bonchev–Trinajstić information content (AvgIpc) is 2.47. The van der Waals surface area contributed by atoms with E-state index in [0.717, 1.165) is 10.0 Å². The van der Waals surface area contributed by atoms with Gasteiger partial charge in [-0.15, -0.1) is 0 Å². The first-order valence-corrected chi connectivity index (χ1v) is 6.79. The van der Waals surface area contributed by atoms with E-state index in [-0.39, 0.29) is 11.4 Å². The molecule has 6 heteroatoms. The van der Waals surface area contributed by atoms with Crippen molar-refractivity contribution in [3.05, 3.63) is 64.4 Å². The first kappa shape index (κ1) is 14.9. The molecule has 0 saturated carbocycles. The van der Waals surface area contributed by atoms with Gasteiger partial charge >= 0.3 is 5.97 Å². The number of carbonyl (C=O) groups excluding carboxylic acids is 1. The maximum Gasteiger partial charge on any atom is 0.356 e. The van der Waals surface area contributed by atoms with Crippen LogP contribution in [0, 0.1) is 0 Å². The maximum atomic E-state index is 11.8. The van der Waals surface area contributed by atoms with E-state index >= 15 is 0 Å². The predicted octanol–water partition coefficient (Wildman–Crippen LogP) is 3.19. The van der Waals surface area contributed by atoms with E-state index in [1.807, 2.05) is 24.3 Å². The summed E-state index contributed by atoms with van der Waals surface area (Å²) in [6, 6.07) is 10.5. The molecule has 0 spiro atoms. The smallest absolute Gasteiger partial charge is 0.356 e. The quantitative estimate of drug-likeness (QED) is 0.833. The van der Waals surface area contributed by atoms with Crippen LogP contribution in [0.25, 0.3) is 6.08 Å². The van der Waals surface area contributed by atoms with Crippen molar-refractivity contribution in [2.24, 2.45) is 0 Å². The average molecular weight is 347 g/mol. The summed E-state index contributed by atoms with van der Waals surface area (Å²) < 4.78 is 0.863. The lowest BCUT2D eigenvalue weighted by Crippen LogP contribution is -2.13. The van der Waals surface area contributed by atoms with E-state index in [0.29, 0.717) is 0 Å². The van der Waals surface area contributed by atoms with E-state index < -0.39 is 11.9 Å². The van der Waals surface area contributed by atoms with Gasteiger partial charge in [0.25, 0.3) is 0 Å². The fourth-order valence-corrected chi connectivity index (χ4v) is 2.04. The van der Waals surface area contributed by atoms with Crippen molar-refractivity contribution in [3.63, 3.8) is 0 Å². The summed E-state index contributed by atoms with van der Waals surface area (Å²) in [6.07, 6.45) is 4.32. The van der Waals surface area contributed by atoms with Crippen molar-refractivity contribution in [2.45, 2.75) is 0 Å². The minimum Gasteiger partial charge on any atom is -0.476 e. The summed E-state index contributed by atoms with van der Waals surface area (Å²) in [7, 11) is 0. The number of nitrogens with one attached hydrogen (secondary N) is 1. The van der Waals surface area contributed by atoms with Crippen LogP contribution in [0.4, 0.5) is 5.69 Å². The summed E-state index contributed by atoms with van der Waals surface area (Å²) in [5.41, 5.74) is 0.809. The molecule has 0 aliphatic carbocycles. The monoisotopic (exact) mass is 346 g/mol. The van der Waals surface area contributed by atoms with Crippen LogP contribution in [0.2, 0.25) is 0 Å². The Morgan fingerprint density at radius 1 is 1.19 bits per heavy atom. The van der Waals surface area contributed by atoms with Crippen molar-refractivity contribution in [3.8, 4) is 0 Å². The third kappa shape index (κ3) is 4.00. The van der Waals surface area contributed by atoms with E-state index in [1.165, 1.54) is 18.3 Å². The molecule has 2 rings (SSSR count). The zero-order chi connectivity index (χ0) is 15.2. The van der Waals surface area contributed by atoms with E-state index in [4.69, 9.17) is 5.11 Å². The number of halogens is 1. The molecule has 0 aliphatic rings. The number of anilines is 1. The molecule has 0 saturated heterocycles. The van der Waals surface area contributed by atoms with Crippen LogP contribution >= 0.6 is 15.9 Å². The molecule has 0 atom stereocenters. The highest BCUT2D eigenvalue weighted by atomic mass is 79.9. The van der Waals surface area contributed by atoms with Crippen LogP contribution in [-0.4, -0.2) is 22.0 Å². The molecule has 2 N–H and O–H groups in total. The molecule has 21 heavy (non-hydrogen) atoms. The minimum absolute atomic E-state index is 0.159. The van der Waals surface area contributed by atoms with Crippen LogP contribution in [0.5, 0.6) is 0 Å². The summed E-state index contributed by atoms with van der Waals surface area (Å²) >= 11 is 3.37. The largest absolute Gasteiger partial charge is 0.476 e. The normalized spacial score (nSPS) is 10.5. The first-order valence-electron chi connectivity index (χ1n) is 6.00. The molecule has 5 nitrogen and oxygen atoms in total. The number of pyridine rings is 1. The molecule has 106 valence electrons. The highest BCUT2D eigenvalue weighted by Crippen LogP contribution is 2.17. The molecule has 1 aromatic carbocycles. The lowest BCUT2D eigenvalue weighted by atomic mass is 10.2. The Labute approximate surface area is 129 Å². The third-order valence-electron chi connectivity index (χ3n) is 2.59. The summed E-state index contributed by atoms with van der Waals surface area (Å²) in [5, 5.41) is 11.5. The van der Waals surface area contributed by atoms with Gasteiger partial charge in [-0.2, -0.15) is 0 Å². The van der Waals surface area contributed by atoms with Gasteiger partial charge in [-0.25, -0.2) is 9.78 Å². The standard InChI is InChI=1S/C15H11BrN2O3/c16-11-5-2-1-4-10(11)7-8-13(19)18-12-6-3-9-17-14(12)15(20)21/h1-9H,(H,18,19)(H,20,21)/b8-7+. The molecule has 1 aromatic heterocycles. The van der Waals surface area contributed by atoms with Crippen LogP contribution in [0.3, 0.4) is 0 Å². The maximum absolute atomic E-state index is 11.8. The SMILES string of the molecule is O=C(/C=C/c1ccccc1Br)Nc1cccnc1C(=O)O. The van der Waals surface area contributed by atoms with E-state index in [1.54, 1.807) is 12.1 Å². The second-order valence-corrected chi connectivity index (χ2v) is 4.90. The number of aromatic nitrogens is 1. The zero-order valence-electron chi connectivity index (χ0n) is 10.8. The lowest BCUT2D eigenvalue weighted by Gasteiger charge is -2.05. The van der Waals surface area contributed by atoms with E-state index in [2.05, 4.69) is 26.2 Å². The number of amides is 1. The molecule has 0 bridgehead atoms. The molecule has 2 aromatic rings. The molecule has 1 amide bonds. The topological polar surface area (TPSA) is 79.3 Å². The Hall–Kier alpha value is -2.47. The highest BCUT2D eigenvalue weighted by Gasteiger charge is 2.12. The molecule has 0 fully saturated rings. The van der Waals surface area contributed by atoms with Crippen molar-refractivity contribution in [1.82, 2.24) is 4.98 Å². The van der Waals surface area contributed by atoms with Gasteiger partial charge in [-0.1, -0.05) is 34.1 Å². The number of benzene rings is 1. The van der Waals surface area contributed by atoms with Gasteiger partial charge in [-0.05, 0) is 29.8 Å². The number of hydrogen-bond acceptors (Lipinski definition) is 3. The number of aromatic carboxylic acids is 1. The van der Waals surface area contributed by atoms with Crippen molar-refractivity contribution in [1.29, 1.82) is 0 Å². The zero-order valence-corrected chi connectivity index (χ0v) is 12.4. The fraction of sp³-hybridized carbons (Fsp3) is 0. The van der Waals surface area contributed by atoms with Crippen molar-refractivity contribution >= 4 is 39.6 Å². The van der Waals surface area contributed by atoms with Crippen molar-refractivity contribution < 1.29 is 14.7 Å². The summed E-state index contributed by atoms with van der Waals surface area (Å²) in [6.45, 7) is 0. The number of hydrogen-bond donors (Lipinski definition) is 2. The molecule has 0 unspecified atom stereocenters. The molecular formula is C15H11BrN2O3. The van der Waals surface area contributed by atoms with Crippen LogP contribution in [-0.2, 0) is 4.79 Å². The first-order chi connectivity index (χ1) is 10.1. The number of carboxylic acids is 1. The Morgan fingerprint density at radius 3 is 2.67 bits per heavy atom. The fourth-order valence-electron chi connectivity index (χ4n) is 1.63. The Morgan fingerprint density at radius 2 is 1.95 bits per heavy atom. The summed E-state index contributed by atoms with van der Waals surface area (Å²) in [4.78, 5) is 26.5. The number of nitrogens with zero attached hydrogens (tertiary/aromatic N) is 1. The van der Waals surface area contributed by atoms with Gasteiger partial charge in [0.15, 0.2) is 5.69 Å².